The molecule has 180 valence electrons. The van der Waals surface area contributed by atoms with Crippen molar-refractivity contribution in [2.75, 3.05) is 18.9 Å². The van der Waals surface area contributed by atoms with Crippen molar-refractivity contribution in [3.63, 3.8) is 0 Å². The van der Waals surface area contributed by atoms with Gasteiger partial charge in [0, 0.05) is 6.42 Å². The number of aromatic nitrogens is 4. The quantitative estimate of drug-likeness (QED) is 0.372. The van der Waals surface area contributed by atoms with Crippen molar-refractivity contribution in [1.29, 1.82) is 5.26 Å². The van der Waals surface area contributed by atoms with E-state index in [9.17, 15) is 13.9 Å². The highest BCUT2D eigenvalue weighted by atomic mass is 32.2. The van der Waals surface area contributed by atoms with Crippen LogP contribution in [0.5, 0.6) is 11.5 Å². The van der Waals surface area contributed by atoms with Crippen molar-refractivity contribution < 1.29 is 22.5 Å². The zero-order valence-corrected chi connectivity index (χ0v) is 19.9. The van der Waals surface area contributed by atoms with E-state index in [-0.39, 0.29) is 17.9 Å². The Bertz CT molecular complexity index is 1380. The second-order valence-corrected chi connectivity index (χ2v) is 8.95. The largest absolute Gasteiger partial charge is 0.494 e. The second-order valence-electron chi connectivity index (χ2n) is 7.34. The minimum atomic E-state index is -1.70. The predicted octanol–water partition coefficient (Wildman–Crippen LogP) is 3.66. The molecule has 1 aromatic carbocycles. The zero-order valence-electron chi connectivity index (χ0n) is 19.1. The molecule has 0 aliphatic rings. The number of benzene rings is 1. The Morgan fingerprint density at radius 1 is 1.23 bits per heavy atom. The average molecular weight is 497 g/mol. The molecule has 3 heterocycles. The Hall–Kier alpha value is -4.24. The molecule has 4 aromatic rings. The van der Waals surface area contributed by atoms with E-state index in [1.54, 1.807) is 41.8 Å². The van der Waals surface area contributed by atoms with Crippen molar-refractivity contribution in [3.8, 4) is 34.8 Å². The van der Waals surface area contributed by atoms with E-state index < -0.39 is 22.1 Å². The van der Waals surface area contributed by atoms with Gasteiger partial charge in [-0.25, -0.2) is 8.60 Å². The molecule has 1 unspecified atom stereocenters. The summed E-state index contributed by atoms with van der Waals surface area (Å²) in [6.07, 6.45) is 2.70. The van der Waals surface area contributed by atoms with Crippen molar-refractivity contribution in [3.05, 3.63) is 65.9 Å². The molecule has 0 bridgehead atoms. The summed E-state index contributed by atoms with van der Waals surface area (Å²) in [6, 6.07) is 11.7. The Balaban J connectivity index is 1.72. The zero-order chi connectivity index (χ0) is 24.9. The number of ether oxygens (including phenoxy) is 2. The van der Waals surface area contributed by atoms with Crippen LogP contribution in [0.4, 0.5) is 10.3 Å². The maximum Gasteiger partial charge on any atom is 0.241 e. The fraction of sp³-hybridized carbons (Fsp3) is 0.217. The summed E-state index contributed by atoms with van der Waals surface area (Å²) >= 11 is 0. The summed E-state index contributed by atoms with van der Waals surface area (Å²) in [4.78, 5) is 3.99. The highest BCUT2D eigenvalue weighted by Crippen LogP contribution is 2.37. The van der Waals surface area contributed by atoms with Crippen LogP contribution in [0.3, 0.4) is 0 Å². The first-order valence-electron chi connectivity index (χ1n) is 10.4. The van der Waals surface area contributed by atoms with Gasteiger partial charge in [-0.1, -0.05) is 6.07 Å². The van der Waals surface area contributed by atoms with Gasteiger partial charge in [0.2, 0.25) is 11.8 Å². The Kier molecular flexibility index (Phi) is 7.07. The highest BCUT2D eigenvalue weighted by molar-refractivity contribution is 7.86. The van der Waals surface area contributed by atoms with Crippen LogP contribution < -0.4 is 14.2 Å². The topological polar surface area (TPSA) is 128 Å². The third-order valence-corrected chi connectivity index (χ3v) is 6.41. The van der Waals surface area contributed by atoms with Gasteiger partial charge in [0.05, 0.1) is 43.2 Å². The number of halogens is 1. The van der Waals surface area contributed by atoms with Gasteiger partial charge in [-0.15, -0.1) is 10.2 Å². The van der Waals surface area contributed by atoms with Gasteiger partial charge in [0.15, 0.2) is 5.76 Å². The van der Waals surface area contributed by atoms with Crippen molar-refractivity contribution >= 4 is 16.9 Å². The number of nitriles is 1. The third-order valence-electron chi connectivity index (χ3n) is 5.13. The summed E-state index contributed by atoms with van der Waals surface area (Å²) in [5.74, 6) is 1.22. The SMILES string of the molecule is COc1cccc(OC)c1-n1c(NS(=O)[C@@H](C)Cc2ncc(F)cc2C#N)nnc1-c1ccco1. The molecule has 0 amide bonds. The van der Waals surface area contributed by atoms with Crippen LogP contribution >= 0.6 is 0 Å². The molecule has 2 atom stereocenters. The van der Waals surface area contributed by atoms with Crippen molar-refractivity contribution in [1.82, 2.24) is 19.7 Å². The minimum absolute atomic E-state index is 0.0934. The van der Waals surface area contributed by atoms with Gasteiger partial charge < -0.3 is 13.9 Å². The number of pyridine rings is 1. The number of para-hydroxylation sites is 1. The van der Waals surface area contributed by atoms with Crippen LogP contribution in [0.2, 0.25) is 0 Å². The molecule has 0 saturated heterocycles. The Morgan fingerprint density at radius 3 is 2.60 bits per heavy atom. The lowest BCUT2D eigenvalue weighted by Crippen LogP contribution is -2.23. The van der Waals surface area contributed by atoms with Crippen LogP contribution in [0.25, 0.3) is 17.3 Å². The molecule has 4 rings (SSSR count). The van der Waals surface area contributed by atoms with E-state index in [1.807, 2.05) is 6.07 Å². The third kappa shape index (κ3) is 4.85. The first-order valence-corrected chi connectivity index (χ1v) is 11.6. The molecule has 35 heavy (non-hydrogen) atoms. The lowest BCUT2D eigenvalue weighted by molar-refractivity contribution is 0.391. The molecule has 0 aliphatic heterocycles. The number of hydrogen-bond acceptors (Lipinski definition) is 8. The van der Waals surface area contributed by atoms with Gasteiger partial charge in [0.1, 0.15) is 40.1 Å². The Labute approximate surface area is 202 Å². The molecular formula is C23H21FN6O4S. The minimum Gasteiger partial charge on any atom is -0.494 e. The first kappa shape index (κ1) is 23.9. The van der Waals surface area contributed by atoms with Crippen molar-refractivity contribution in [2.24, 2.45) is 0 Å². The molecule has 0 radical (unpaired) electrons. The van der Waals surface area contributed by atoms with Crippen molar-refractivity contribution in [2.45, 2.75) is 18.6 Å². The molecule has 3 aromatic heterocycles. The van der Waals surface area contributed by atoms with Gasteiger partial charge in [-0.3, -0.25) is 14.3 Å². The van der Waals surface area contributed by atoms with Crippen LogP contribution in [-0.2, 0) is 17.4 Å². The van der Waals surface area contributed by atoms with Gasteiger partial charge in [-0.05, 0) is 37.3 Å². The summed E-state index contributed by atoms with van der Waals surface area (Å²) in [7, 11) is 1.34. The monoisotopic (exact) mass is 496 g/mol. The lowest BCUT2D eigenvalue weighted by Gasteiger charge is -2.18. The number of hydrogen-bond donors (Lipinski definition) is 1. The van der Waals surface area contributed by atoms with Crippen LogP contribution in [0.15, 0.2) is 53.3 Å². The van der Waals surface area contributed by atoms with E-state index in [1.165, 1.54) is 20.5 Å². The first-order chi connectivity index (χ1) is 17.0. The predicted molar refractivity (Wildman–Crippen MR) is 126 cm³/mol. The number of rotatable bonds is 9. The molecule has 10 nitrogen and oxygen atoms in total. The number of nitrogens with one attached hydrogen (secondary N) is 1. The molecule has 1 N–H and O–H groups in total. The fourth-order valence-electron chi connectivity index (χ4n) is 3.45. The van der Waals surface area contributed by atoms with E-state index in [0.29, 0.717) is 34.5 Å². The number of methoxy groups -OCH3 is 2. The summed E-state index contributed by atoms with van der Waals surface area (Å²) in [5, 5.41) is 17.2. The molecule has 0 spiro atoms. The van der Waals surface area contributed by atoms with Gasteiger partial charge in [-0.2, -0.15) is 5.26 Å². The average Bonchev–Trinajstić information content (AvgIpc) is 3.54. The summed E-state index contributed by atoms with van der Waals surface area (Å²) < 4.78 is 47.8. The van der Waals surface area contributed by atoms with Crippen LogP contribution in [-0.4, -0.2) is 43.4 Å². The van der Waals surface area contributed by atoms with E-state index in [0.717, 1.165) is 12.3 Å². The number of furan rings is 1. The second kappa shape index (κ2) is 10.4. The molecule has 0 saturated carbocycles. The van der Waals surface area contributed by atoms with E-state index >= 15 is 0 Å². The maximum absolute atomic E-state index is 13.4. The molecule has 0 aliphatic carbocycles. The van der Waals surface area contributed by atoms with E-state index in [4.69, 9.17) is 13.9 Å². The lowest BCUT2D eigenvalue weighted by atomic mass is 10.1. The van der Waals surface area contributed by atoms with Crippen LogP contribution in [0.1, 0.15) is 18.2 Å². The van der Waals surface area contributed by atoms with E-state index in [2.05, 4.69) is 19.9 Å². The molecular weight excluding hydrogens is 475 g/mol. The van der Waals surface area contributed by atoms with Gasteiger partial charge in [0.25, 0.3) is 0 Å². The smallest absolute Gasteiger partial charge is 0.241 e. The van der Waals surface area contributed by atoms with Gasteiger partial charge >= 0.3 is 0 Å². The maximum atomic E-state index is 13.4. The number of anilines is 1. The summed E-state index contributed by atoms with van der Waals surface area (Å²) in [5.41, 5.74) is 0.921. The fourth-order valence-corrected chi connectivity index (χ4v) is 4.27. The molecule has 12 heteroatoms. The Morgan fingerprint density at radius 2 is 1.97 bits per heavy atom. The summed E-state index contributed by atoms with van der Waals surface area (Å²) in [6.45, 7) is 1.72. The highest BCUT2D eigenvalue weighted by Gasteiger charge is 2.26. The standard InChI is InChI=1S/C23H21FN6O4S/c1-14(10-17-15(12-25)11-16(24)13-26-17)35(31)29-23-28-27-22(20-8-5-9-34-20)30(23)21-18(32-2)6-4-7-19(21)33-3/h4-9,11,13-14H,10H2,1-3H3,(H,28,29)/t14-,35?/m0/s1. The van der Waals surface area contributed by atoms with Crippen LogP contribution in [0, 0.1) is 17.1 Å². The normalized spacial score (nSPS) is 12.5. The number of nitrogens with zero attached hydrogens (tertiary/aromatic N) is 5. The molecule has 0 fully saturated rings.